The van der Waals surface area contributed by atoms with E-state index in [1.165, 1.54) is 0 Å². The van der Waals surface area contributed by atoms with Crippen LogP contribution in [-0.2, 0) is 10.0 Å². The van der Waals surface area contributed by atoms with Gasteiger partial charge in [-0.3, -0.25) is 0 Å². The topological polar surface area (TPSA) is 37.4 Å². The summed E-state index contributed by atoms with van der Waals surface area (Å²) in [6.07, 6.45) is 0. The van der Waals surface area contributed by atoms with Crippen LogP contribution in [0.5, 0.6) is 0 Å². The van der Waals surface area contributed by atoms with Crippen molar-refractivity contribution in [1.29, 1.82) is 0 Å². The second-order valence-electron chi connectivity index (χ2n) is 5.84. The predicted octanol–water partition coefficient (Wildman–Crippen LogP) is 4.93. The number of fused-ring (bicyclic) bond motifs is 1. The Morgan fingerprint density at radius 2 is 1.68 bits per heavy atom. The van der Waals surface area contributed by atoms with E-state index in [2.05, 4.69) is 0 Å². The standard InChI is InChI=1S/C19H16ClNO2S2/c20-17-10-4-3-9-16(17)19-21(12-13-24-19)25(22,23)18-11-5-7-14-6-1-2-8-15(14)18/h1-11,19H,12-13H2. The van der Waals surface area contributed by atoms with Crippen LogP contribution in [0.1, 0.15) is 10.9 Å². The molecule has 0 N–H and O–H groups in total. The van der Waals surface area contributed by atoms with Crippen LogP contribution in [0.15, 0.2) is 71.6 Å². The van der Waals surface area contributed by atoms with E-state index in [1.54, 1.807) is 34.3 Å². The smallest absolute Gasteiger partial charge is 0.207 e. The van der Waals surface area contributed by atoms with E-state index >= 15 is 0 Å². The Morgan fingerprint density at radius 1 is 0.960 bits per heavy atom. The van der Waals surface area contributed by atoms with Gasteiger partial charge in [0.1, 0.15) is 0 Å². The van der Waals surface area contributed by atoms with Gasteiger partial charge in [-0.1, -0.05) is 66.2 Å². The molecule has 0 aliphatic carbocycles. The minimum atomic E-state index is -3.63. The number of rotatable bonds is 3. The molecule has 3 aromatic rings. The third-order valence-corrected chi connectivity index (χ3v) is 8.00. The van der Waals surface area contributed by atoms with Gasteiger partial charge >= 0.3 is 0 Å². The number of halogens is 1. The maximum Gasteiger partial charge on any atom is 0.245 e. The molecular formula is C19H16ClNO2S2. The van der Waals surface area contributed by atoms with E-state index < -0.39 is 10.0 Å². The number of nitrogens with zero attached hydrogens (tertiary/aromatic N) is 1. The summed E-state index contributed by atoms with van der Waals surface area (Å²) in [5, 5.41) is 1.97. The van der Waals surface area contributed by atoms with Gasteiger partial charge < -0.3 is 0 Å². The molecule has 3 aromatic carbocycles. The lowest BCUT2D eigenvalue weighted by atomic mass is 10.1. The molecule has 1 saturated heterocycles. The number of hydrogen-bond donors (Lipinski definition) is 0. The van der Waals surface area contributed by atoms with Crippen LogP contribution in [-0.4, -0.2) is 25.0 Å². The van der Waals surface area contributed by atoms with Crippen LogP contribution in [0.4, 0.5) is 0 Å². The van der Waals surface area contributed by atoms with E-state index in [4.69, 9.17) is 11.6 Å². The van der Waals surface area contributed by atoms with Crippen molar-refractivity contribution in [1.82, 2.24) is 4.31 Å². The summed E-state index contributed by atoms with van der Waals surface area (Å²) >= 11 is 7.93. The highest BCUT2D eigenvalue weighted by Gasteiger charge is 2.38. The maximum atomic E-state index is 13.4. The zero-order chi connectivity index (χ0) is 17.4. The van der Waals surface area contributed by atoms with Gasteiger partial charge in [-0.2, -0.15) is 4.31 Å². The van der Waals surface area contributed by atoms with Crippen LogP contribution in [0, 0.1) is 0 Å². The van der Waals surface area contributed by atoms with Gasteiger partial charge in [0.15, 0.2) is 0 Å². The average molecular weight is 390 g/mol. The Balaban J connectivity index is 1.83. The third-order valence-electron chi connectivity index (χ3n) is 4.36. The lowest BCUT2D eigenvalue weighted by molar-refractivity contribution is 0.435. The molecule has 1 aliphatic heterocycles. The van der Waals surface area contributed by atoms with Crippen molar-refractivity contribution in [3.05, 3.63) is 77.3 Å². The van der Waals surface area contributed by atoms with Crippen molar-refractivity contribution in [3.8, 4) is 0 Å². The Kier molecular flexibility index (Phi) is 4.50. The van der Waals surface area contributed by atoms with Gasteiger partial charge in [0.2, 0.25) is 10.0 Å². The first kappa shape index (κ1) is 16.9. The SMILES string of the molecule is O=S(=O)(c1cccc2ccccc12)N1CCSC1c1ccccc1Cl. The Morgan fingerprint density at radius 3 is 2.52 bits per heavy atom. The highest BCUT2D eigenvalue weighted by Crippen LogP contribution is 2.44. The van der Waals surface area contributed by atoms with Crippen molar-refractivity contribution in [2.24, 2.45) is 0 Å². The monoisotopic (exact) mass is 389 g/mol. The molecule has 6 heteroatoms. The van der Waals surface area contributed by atoms with E-state index in [-0.39, 0.29) is 5.37 Å². The highest BCUT2D eigenvalue weighted by molar-refractivity contribution is 8.01. The quantitative estimate of drug-likeness (QED) is 0.637. The van der Waals surface area contributed by atoms with Crippen LogP contribution in [0.2, 0.25) is 5.02 Å². The summed E-state index contributed by atoms with van der Waals surface area (Å²) in [4.78, 5) is 0.352. The van der Waals surface area contributed by atoms with Gasteiger partial charge in [0.05, 0.1) is 10.3 Å². The highest BCUT2D eigenvalue weighted by atomic mass is 35.5. The fraction of sp³-hybridized carbons (Fsp3) is 0.158. The summed E-state index contributed by atoms with van der Waals surface area (Å²) in [7, 11) is -3.63. The van der Waals surface area contributed by atoms with Gasteiger partial charge in [0, 0.05) is 22.7 Å². The molecule has 0 radical (unpaired) electrons. The Labute approximate surface area is 156 Å². The zero-order valence-electron chi connectivity index (χ0n) is 13.3. The minimum absolute atomic E-state index is 0.294. The molecule has 1 unspecified atom stereocenters. The second-order valence-corrected chi connectivity index (χ2v) is 9.29. The molecule has 0 aromatic heterocycles. The number of thioether (sulfide) groups is 1. The van der Waals surface area contributed by atoms with Crippen LogP contribution < -0.4 is 0 Å². The lowest BCUT2D eigenvalue weighted by Gasteiger charge is -2.25. The molecule has 1 aliphatic rings. The summed E-state index contributed by atoms with van der Waals surface area (Å²) < 4.78 is 28.4. The Hall–Kier alpha value is -1.53. The van der Waals surface area contributed by atoms with E-state index in [0.717, 1.165) is 22.1 Å². The summed E-state index contributed by atoms with van der Waals surface area (Å²) in [6.45, 7) is 0.478. The molecule has 0 spiro atoms. The zero-order valence-corrected chi connectivity index (χ0v) is 15.7. The molecule has 1 fully saturated rings. The van der Waals surface area contributed by atoms with Gasteiger partial charge in [-0.25, -0.2) is 8.42 Å². The first-order valence-corrected chi connectivity index (χ1v) is 10.8. The largest absolute Gasteiger partial charge is 0.245 e. The first-order valence-electron chi connectivity index (χ1n) is 7.95. The van der Waals surface area contributed by atoms with Gasteiger partial charge in [-0.05, 0) is 23.1 Å². The minimum Gasteiger partial charge on any atom is -0.207 e. The summed E-state index contributed by atoms with van der Waals surface area (Å²) in [6, 6.07) is 20.4. The van der Waals surface area contributed by atoms with Crippen molar-refractivity contribution < 1.29 is 8.42 Å². The van der Waals surface area contributed by atoms with Crippen molar-refractivity contribution in [2.75, 3.05) is 12.3 Å². The van der Waals surface area contributed by atoms with Crippen LogP contribution >= 0.6 is 23.4 Å². The molecule has 1 atom stereocenters. The molecule has 3 nitrogen and oxygen atoms in total. The number of hydrogen-bond acceptors (Lipinski definition) is 3. The maximum absolute atomic E-state index is 13.4. The molecule has 4 rings (SSSR count). The summed E-state index contributed by atoms with van der Waals surface area (Å²) in [5.74, 6) is 0.750. The molecular weight excluding hydrogens is 374 g/mol. The molecule has 1 heterocycles. The van der Waals surface area contributed by atoms with E-state index in [0.29, 0.717) is 16.5 Å². The van der Waals surface area contributed by atoms with Crippen LogP contribution in [0.3, 0.4) is 0 Å². The Bertz CT molecular complexity index is 1030. The molecule has 0 amide bonds. The van der Waals surface area contributed by atoms with Crippen molar-refractivity contribution in [3.63, 3.8) is 0 Å². The van der Waals surface area contributed by atoms with Crippen LogP contribution in [0.25, 0.3) is 10.8 Å². The number of sulfonamides is 1. The normalized spacial score (nSPS) is 18.7. The molecule has 0 bridgehead atoms. The van der Waals surface area contributed by atoms with E-state index in [9.17, 15) is 8.42 Å². The molecule has 128 valence electrons. The van der Waals surface area contributed by atoms with Crippen molar-refractivity contribution >= 4 is 44.2 Å². The fourth-order valence-corrected chi connectivity index (χ4v) is 6.96. The summed E-state index contributed by atoms with van der Waals surface area (Å²) in [5.41, 5.74) is 0.843. The fourth-order valence-electron chi connectivity index (χ4n) is 3.17. The van der Waals surface area contributed by atoms with Crippen molar-refractivity contribution in [2.45, 2.75) is 10.3 Å². The second kappa shape index (κ2) is 6.65. The first-order chi connectivity index (χ1) is 12.1. The average Bonchev–Trinajstić information content (AvgIpc) is 3.12. The van der Waals surface area contributed by atoms with Gasteiger partial charge in [-0.15, -0.1) is 11.8 Å². The van der Waals surface area contributed by atoms with Gasteiger partial charge in [0.25, 0.3) is 0 Å². The third kappa shape index (κ3) is 2.95. The van der Waals surface area contributed by atoms with E-state index in [1.807, 2.05) is 48.5 Å². The predicted molar refractivity (Wildman–Crippen MR) is 104 cm³/mol. The molecule has 25 heavy (non-hydrogen) atoms. The number of benzene rings is 3. The molecule has 0 saturated carbocycles. The lowest BCUT2D eigenvalue weighted by Crippen LogP contribution is -2.30.